The summed E-state index contributed by atoms with van der Waals surface area (Å²) in [4.78, 5) is 45.5. The first-order chi connectivity index (χ1) is 19.0. The molecule has 0 spiro atoms. The van der Waals surface area contributed by atoms with Crippen LogP contribution >= 0.6 is 0 Å². The third-order valence-corrected chi connectivity index (χ3v) is 8.01. The molecular weight excluding hydrogens is 500 g/mol. The zero-order chi connectivity index (χ0) is 26.8. The van der Waals surface area contributed by atoms with E-state index in [0.717, 1.165) is 11.1 Å². The van der Waals surface area contributed by atoms with E-state index in [4.69, 9.17) is 18.9 Å². The first-order valence-corrected chi connectivity index (χ1v) is 12.6. The van der Waals surface area contributed by atoms with Crippen LogP contribution in [-0.2, 0) is 9.59 Å². The van der Waals surface area contributed by atoms with E-state index in [1.54, 1.807) is 36.4 Å². The van der Waals surface area contributed by atoms with Crippen molar-refractivity contribution in [3.63, 3.8) is 0 Å². The van der Waals surface area contributed by atoms with Gasteiger partial charge in [-0.3, -0.25) is 14.4 Å². The van der Waals surface area contributed by atoms with E-state index >= 15 is 0 Å². The molecule has 2 saturated heterocycles. The molecule has 3 aromatic rings. The Morgan fingerprint density at radius 1 is 0.872 bits per heavy atom. The molecule has 4 aliphatic rings. The Kier molecular flexibility index (Phi) is 5.16. The van der Waals surface area contributed by atoms with Gasteiger partial charge in [0.2, 0.25) is 18.6 Å². The van der Waals surface area contributed by atoms with Gasteiger partial charge in [-0.1, -0.05) is 24.3 Å². The lowest BCUT2D eigenvalue weighted by Crippen LogP contribution is -2.44. The number of imide groups is 1. The highest BCUT2D eigenvalue weighted by Crippen LogP contribution is 2.54. The molecule has 9 heteroatoms. The predicted octanol–water partition coefficient (Wildman–Crippen LogP) is 3.83. The fourth-order valence-electron chi connectivity index (χ4n) is 6.30. The standard InChI is InChI=1S/C30H24N2O7/c1-36-20-9-7-17(13-22(20)37-2)28(33)27-25-24(26-19-6-4-3-5-16(19)11-12-31(26)27)29(34)32(30(25)35)18-8-10-21-23(14-18)39-15-38-21/h3-14,24-27H,15H2,1-2H3/t24-,25-,26-,27+/m1/s1. The zero-order valence-electron chi connectivity index (χ0n) is 21.2. The number of hydrogen-bond acceptors (Lipinski definition) is 8. The number of carbonyl (C=O) groups is 3. The second-order valence-electron chi connectivity index (χ2n) is 9.82. The quantitative estimate of drug-likeness (QED) is 0.367. The van der Waals surface area contributed by atoms with Gasteiger partial charge in [0.1, 0.15) is 6.04 Å². The molecule has 2 fully saturated rings. The summed E-state index contributed by atoms with van der Waals surface area (Å²) in [6, 6.07) is 16.3. The Bertz CT molecular complexity index is 1580. The van der Waals surface area contributed by atoms with E-state index in [9.17, 15) is 14.4 Å². The normalized spacial score (nSPS) is 23.9. The molecule has 0 aliphatic carbocycles. The highest BCUT2D eigenvalue weighted by molar-refractivity contribution is 6.24. The Hall–Kier alpha value is -4.79. The van der Waals surface area contributed by atoms with Crippen LogP contribution in [-0.4, -0.2) is 49.6 Å². The second-order valence-corrected chi connectivity index (χ2v) is 9.82. The van der Waals surface area contributed by atoms with Crippen molar-refractivity contribution in [1.82, 2.24) is 4.90 Å². The molecule has 3 aromatic carbocycles. The van der Waals surface area contributed by atoms with Gasteiger partial charge in [0.15, 0.2) is 28.8 Å². The molecule has 4 aliphatic heterocycles. The smallest absolute Gasteiger partial charge is 0.240 e. The minimum absolute atomic E-state index is 0.0774. The minimum atomic E-state index is -0.891. The largest absolute Gasteiger partial charge is 0.493 e. The Labute approximate surface area is 224 Å². The molecule has 7 rings (SSSR count). The first-order valence-electron chi connectivity index (χ1n) is 12.6. The van der Waals surface area contributed by atoms with Gasteiger partial charge < -0.3 is 23.8 Å². The van der Waals surface area contributed by atoms with Crippen molar-refractivity contribution in [1.29, 1.82) is 0 Å². The second kappa shape index (κ2) is 8.62. The number of Topliss-reactive ketones (excluding diaryl/α,β-unsaturated/α-hetero) is 1. The number of fused-ring (bicyclic) bond motifs is 6. The number of ether oxygens (including phenoxy) is 4. The number of methoxy groups -OCH3 is 2. The van der Waals surface area contributed by atoms with Crippen LogP contribution in [0.25, 0.3) is 6.08 Å². The maximum Gasteiger partial charge on any atom is 0.240 e. The third kappa shape index (κ3) is 3.29. The van der Waals surface area contributed by atoms with Crippen LogP contribution in [0.5, 0.6) is 23.0 Å². The number of nitrogens with zero attached hydrogens (tertiary/aromatic N) is 2. The van der Waals surface area contributed by atoms with Crippen molar-refractivity contribution in [3.8, 4) is 23.0 Å². The van der Waals surface area contributed by atoms with Gasteiger partial charge in [0, 0.05) is 17.8 Å². The van der Waals surface area contributed by atoms with Crippen molar-refractivity contribution in [2.75, 3.05) is 25.9 Å². The van der Waals surface area contributed by atoms with Crippen LogP contribution in [0, 0.1) is 11.8 Å². The highest BCUT2D eigenvalue weighted by atomic mass is 16.7. The summed E-state index contributed by atoms with van der Waals surface area (Å²) in [6.07, 6.45) is 3.76. The van der Waals surface area contributed by atoms with E-state index in [1.807, 2.05) is 41.4 Å². The number of anilines is 1. The summed E-state index contributed by atoms with van der Waals surface area (Å²) in [6.45, 7) is 0.0774. The van der Waals surface area contributed by atoms with E-state index in [1.165, 1.54) is 19.1 Å². The molecule has 0 saturated carbocycles. The average molecular weight is 525 g/mol. The van der Waals surface area contributed by atoms with Crippen molar-refractivity contribution in [2.24, 2.45) is 11.8 Å². The van der Waals surface area contributed by atoms with Crippen molar-refractivity contribution in [2.45, 2.75) is 12.1 Å². The summed E-state index contributed by atoms with van der Waals surface area (Å²) in [5.74, 6) is -0.741. The van der Waals surface area contributed by atoms with Crippen molar-refractivity contribution < 1.29 is 33.3 Å². The van der Waals surface area contributed by atoms with Crippen LogP contribution in [0.2, 0.25) is 0 Å². The van der Waals surface area contributed by atoms with Crippen LogP contribution in [0.4, 0.5) is 5.69 Å². The maximum absolute atomic E-state index is 14.2. The van der Waals surface area contributed by atoms with Crippen LogP contribution in [0.3, 0.4) is 0 Å². The van der Waals surface area contributed by atoms with E-state index in [2.05, 4.69) is 0 Å². The lowest BCUT2D eigenvalue weighted by Gasteiger charge is -2.35. The summed E-state index contributed by atoms with van der Waals surface area (Å²) in [5, 5.41) is 0. The molecule has 196 valence electrons. The highest BCUT2D eigenvalue weighted by Gasteiger charge is 2.64. The Morgan fingerprint density at radius 2 is 1.64 bits per heavy atom. The average Bonchev–Trinajstić information content (AvgIpc) is 3.64. The van der Waals surface area contributed by atoms with E-state index in [0.29, 0.717) is 34.2 Å². The minimum Gasteiger partial charge on any atom is -0.493 e. The Balaban J connectivity index is 1.35. The molecule has 0 aromatic heterocycles. The van der Waals surface area contributed by atoms with Gasteiger partial charge in [-0.05, 0) is 47.5 Å². The molecule has 9 nitrogen and oxygen atoms in total. The van der Waals surface area contributed by atoms with Gasteiger partial charge in [-0.15, -0.1) is 0 Å². The van der Waals surface area contributed by atoms with Crippen LogP contribution in [0.1, 0.15) is 27.5 Å². The molecule has 0 N–H and O–H groups in total. The van der Waals surface area contributed by atoms with Crippen LogP contribution < -0.4 is 23.8 Å². The number of rotatable bonds is 5. The van der Waals surface area contributed by atoms with Crippen molar-refractivity contribution in [3.05, 3.63) is 83.6 Å². The number of ketones is 1. The number of hydrogen-bond donors (Lipinski definition) is 0. The van der Waals surface area contributed by atoms with E-state index < -0.39 is 29.8 Å². The summed E-state index contributed by atoms with van der Waals surface area (Å²) in [5.41, 5.74) is 2.63. The van der Waals surface area contributed by atoms with Gasteiger partial charge >= 0.3 is 0 Å². The predicted molar refractivity (Wildman–Crippen MR) is 140 cm³/mol. The number of amides is 2. The maximum atomic E-state index is 14.2. The molecule has 4 atom stereocenters. The van der Waals surface area contributed by atoms with Crippen LogP contribution in [0.15, 0.2) is 66.9 Å². The molecule has 2 amide bonds. The summed E-state index contributed by atoms with van der Waals surface area (Å²) < 4.78 is 21.6. The van der Waals surface area contributed by atoms with Gasteiger partial charge in [-0.25, -0.2) is 4.90 Å². The number of carbonyl (C=O) groups excluding carboxylic acids is 3. The number of benzene rings is 3. The lowest BCUT2D eigenvalue weighted by molar-refractivity contribution is -0.123. The molecule has 0 radical (unpaired) electrons. The fraction of sp³-hybridized carbons (Fsp3) is 0.233. The van der Waals surface area contributed by atoms with E-state index in [-0.39, 0.29) is 18.5 Å². The third-order valence-electron chi connectivity index (χ3n) is 8.01. The monoisotopic (exact) mass is 524 g/mol. The zero-order valence-corrected chi connectivity index (χ0v) is 21.2. The fourth-order valence-corrected chi connectivity index (χ4v) is 6.30. The summed E-state index contributed by atoms with van der Waals surface area (Å²) in [7, 11) is 3.02. The molecule has 0 bridgehead atoms. The molecule has 4 heterocycles. The Morgan fingerprint density at radius 3 is 2.46 bits per heavy atom. The van der Waals surface area contributed by atoms with Gasteiger partial charge in [0.05, 0.1) is 37.8 Å². The molecule has 39 heavy (non-hydrogen) atoms. The van der Waals surface area contributed by atoms with Gasteiger partial charge in [-0.2, -0.15) is 0 Å². The lowest BCUT2D eigenvalue weighted by atomic mass is 9.83. The first kappa shape index (κ1) is 23.3. The molecule has 0 unspecified atom stereocenters. The van der Waals surface area contributed by atoms with Crippen molar-refractivity contribution >= 4 is 29.4 Å². The molecular formula is C30H24N2O7. The summed E-state index contributed by atoms with van der Waals surface area (Å²) >= 11 is 0. The SMILES string of the molecule is COc1ccc(C(=O)[C@@H]2[C@@H]3C(=O)N(c4ccc5c(c4)OCO5)C(=O)[C@H]3[C@H]3c4ccccc4C=CN23)cc1OC. The topological polar surface area (TPSA) is 94.6 Å². The van der Waals surface area contributed by atoms with Gasteiger partial charge in [0.25, 0.3) is 0 Å².